The standard InChI is InChI=1S/C17H28N2/c1-17(2,3)14-7-6-8-16(13-14)19(5)15-9-11-18(4)12-10-15/h6-8,13,15H,9-12H2,1-5H3. The van der Waals surface area contributed by atoms with Crippen LogP contribution in [0.2, 0.25) is 0 Å². The van der Waals surface area contributed by atoms with Crippen LogP contribution in [0.25, 0.3) is 0 Å². The van der Waals surface area contributed by atoms with Gasteiger partial charge in [-0.3, -0.25) is 0 Å². The fourth-order valence-corrected chi connectivity index (χ4v) is 2.78. The van der Waals surface area contributed by atoms with Crippen molar-refractivity contribution in [3.63, 3.8) is 0 Å². The van der Waals surface area contributed by atoms with Crippen LogP contribution >= 0.6 is 0 Å². The Morgan fingerprint density at radius 3 is 2.37 bits per heavy atom. The Balaban J connectivity index is 2.13. The number of benzene rings is 1. The molecule has 19 heavy (non-hydrogen) atoms. The maximum absolute atomic E-state index is 2.47. The predicted molar refractivity (Wildman–Crippen MR) is 84.1 cm³/mol. The zero-order chi connectivity index (χ0) is 14.0. The lowest BCUT2D eigenvalue weighted by Crippen LogP contribution is -2.42. The van der Waals surface area contributed by atoms with Gasteiger partial charge < -0.3 is 9.80 Å². The Morgan fingerprint density at radius 2 is 1.79 bits per heavy atom. The Labute approximate surface area is 118 Å². The molecule has 1 aliphatic rings. The van der Waals surface area contributed by atoms with Gasteiger partial charge in [0.05, 0.1) is 0 Å². The Bertz CT molecular complexity index is 412. The number of anilines is 1. The molecule has 1 saturated heterocycles. The molecule has 0 spiro atoms. The fourth-order valence-electron chi connectivity index (χ4n) is 2.78. The topological polar surface area (TPSA) is 6.48 Å². The summed E-state index contributed by atoms with van der Waals surface area (Å²) in [5, 5.41) is 0. The van der Waals surface area contributed by atoms with Crippen LogP contribution < -0.4 is 4.90 Å². The van der Waals surface area contributed by atoms with E-state index in [1.807, 2.05) is 0 Å². The number of hydrogen-bond donors (Lipinski definition) is 0. The highest BCUT2D eigenvalue weighted by Crippen LogP contribution is 2.28. The van der Waals surface area contributed by atoms with Crippen LogP contribution in [0, 0.1) is 0 Å². The van der Waals surface area contributed by atoms with Crippen molar-refractivity contribution in [2.75, 3.05) is 32.1 Å². The van der Waals surface area contributed by atoms with E-state index in [4.69, 9.17) is 0 Å². The summed E-state index contributed by atoms with van der Waals surface area (Å²) in [6.45, 7) is 9.27. The van der Waals surface area contributed by atoms with Crippen LogP contribution in [0.1, 0.15) is 39.2 Å². The second-order valence-corrected chi connectivity index (χ2v) is 6.95. The summed E-state index contributed by atoms with van der Waals surface area (Å²) in [7, 11) is 4.47. The van der Waals surface area contributed by atoms with Gasteiger partial charge >= 0.3 is 0 Å². The van der Waals surface area contributed by atoms with E-state index in [-0.39, 0.29) is 5.41 Å². The average molecular weight is 260 g/mol. The minimum Gasteiger partial charge on any atom is -0.372 e. The molecule has 0 aromatic heterocycles. The molecule has 1 aromatic rings. The summed E-state index contributed by atoms with van der Waals surface area (Å²) in [5.74, 6) is 0. The van der Waals surface area contributed by atoms with Gasteiger partial charge in [-0.1, -0.05) is 32.9 Å². The minimum atomic E-state index is 0.226. The SMILES string of the molecule is CN1CCC(N(C)c2cccc(C(C)(C)C)c2)CC1. The third-order valence-corrected chi connectivity index (χ3v) is 4.36. The molecule has 0 amide bonds. The number of rotatable bonds is 2. The lowest BCUT2D eigenvalue weighted by Gasteiger charge is -2.37. The summed E-state index contributed by atoms with van der Waals surface area (Å²) >= 11 is 0. The van der Waals surface area contributed by atoms with Crippen LogP contribution in [-0.2, 0) is 5.41 Å². The molecule has 2 rings (SSSR count). The van der Waals surface area contributed by atoms with Crippen molar-refractivity contribution in [3.05, 3.63) is 29.8 Å². The first-order valence-corrected chi connectivity index (χ1v) is 7.40. The molecule has 2 nitrogen and oxygen atoms in total. The van der Waals surface area contributed by atoms with Crippen molar-refractivity contribution < 1.29 is 0 Å². The first-order chi connectivity index (χ1) is 8.88. The predicted octanol–water partition coefficient (Wildman–Crippen LogP) is 3.51. The van der Waals surface area contributed by atoms with E-state index in [1.54, 1.807) is 0 Å². The Morgan fingerprint density at radius 1 is 1.16 bits per heavy atom. The van der Waals surface area contributed by atoms with Gasteiger partial charge in [0.15, 0.2) is 0 Å². The molecule has 2 heteroatoms. The first-order valence-electron chi connectivity index (χ1n) is 7.40. The molecule has 1 aromatic carbocycles. The molecule has 0 N–H and O–H groups in total. The van der Waals surface area contributed by atoms with E-state index in [1.165, 1.54) is 37.2 Å². The highest BCUT2D eigenvalue weighted by molar-refractivity contribution is 5.50. The number of hydrogen-bond acceptors (Lipinski definition) is 2. The van der Waals surface area contributed by atoms with E-state index < -0.39 is 0 Å². The molecule has 106 valence electrons. The second-order valence-electron chi connectivity index (χ2n) is 6.95. The minimum absolute atomic E-state index is 0.226. The normalized spacial score (nSPS) is 18.6. The van der Waals surface area contributed by atoms with Crippen LogP contribution in [0.5, 0.6) is 0 Å². The quantitative estimate of drug-likeness (QED) is 0.803. The fraction of sp³-hybridized carbons (Fsp3) is 0.647. The Hall–Kier alpha value is -1.02. The zero-order valence-corrected chi connectivity index (χ0v) is 13.1. The summed E-state index contributed by atoms with van der Waals surface area (Å²) in [6.07, 6.45) is 2.54. The number of likely N-dealkylation sites (tertiary alicyclic amines) is 1. The van der Waals surface area contributed by atoms with Gasteiger partial charge in [0.1, 0.15) is 0 Å². The second kappa shape index (κ2) is 5.54. The molecule has 0 saturated carbocycles. The molecule has 1 fully saturated rings. The van der Waals surface area contributed by atoms with Crippen molar-refractivity contribution in [3.8, 4) is 0 Å². The molecule has 0 atom stereocenters. The van der Waals surface area contributed by atoms with Crippen molar-refractivity contribution in [1.29, 1.82) is 0 Å². The van der Waals surface area contributed by atoms with Crippen molar-refractivity contribution in [2.24, 2.45) is 0 Å². The van der Waals surface area contributed by atoms with Crippen LogP contribution in [-0.4, -0.2) is 38.1 Å². The van der Waals surface area contributed by atoms with Gasteiger partial charge in [-0.2, -0.15) is 0 Å². The van der Waals surface area contributed by atoms with Crippen molar-refractivity contribution in [1.82, 2.24) is 4.90 Å². The van der Waals surface area contributed by atoms with Gasteiger partial charge in [-0.15, -0.1) is 0 Å². The molecule has 1 heterocycles. The summed E-state index contributed by atoms with van der Waals surface area (Å²) in [5.41, 5.74) is 3.01. The lowest BCUT2D eigenvalue weighted by molar-refractivity contribution is 0.253. The summed E-state index contributed by atoms with van der Waals surface area (Å²) in [6, 6.07) is 9.73. The van der Waals surface area contributed by atoms with Crippen LogP contribution in [0.15, 0.2) is 24.3 Å². The van der Waals surface area contributed by atoms with E-state index in [0.29, 0.717) is 6.04 Å². The first kappa shape index (κ1) is 14.4. The molecule has 0 aliphatic carbocycles. The van der Waals surface area contributed by atoms with Gasteiger partial charge in [0.25, 0.3) is 0 Å². The van der Waals surface area contributed by atoms with Gasteiger partial charge in [0.2, 0.25) is 0 Å². The summed E-state index contributed by atoms with van der Waals surface area (Å²) in [4.78, 5) is 4.90. The van der Waals surface area contributed by atoms with Crippen LogP contribution in [0.4, 0.5) is 5.69 Å². The monoisotopic (exact) mass is 260 g/mol. The molecular weight excluding hydrogens is 232 g/mol. The van der Waals surface area contributed by atoms with E-state index in [0.717, 1.165) is 0 Å². The van der Waals surface area contributed by atoms with Crippen molar-refractivity contribution in [2.45, 2.75) is 45.1 Å². The van der Waals surface area contributed by atoms with E-state index in [9.17, 15) is 0 Å². The lowest BCUT2D eigenvalue weighted by atomic mass is 9.86. The molecule has 0 unspecified atom stereocenters. The van der Waals surface area contributed by atoms with Gasteiger partial charge in [-0.25, -0.2) is 0 Å². The third-order valence-electron chi connectivity index (χ3n) is 4.36. The smallest absolute Gasteiger partial charge is 0.0369 e. The van der Waals surface area contributed by atoms with Gasteiger partial charge in [-0.05, 0) is 56.1 Å². The number of piperidine rings is 1. The molecule has 0 bridgehead atoms. The largest absolute Gasteiger partial charge is 0.372 e. The van der Waals surface area contributed by atoms with Gasteiger partial charge in [0, 0.05) is 18.8 Å². The number of nitrogens with zero attached hydrogens (tertiary/aromatic N) is 2. The van der Waals surface area contributed by atoms with Crippen LogP contribution in [0.3, 0.4) is 0 Å². The average Bonchev–Trinajstić information content (AvgIpc) is 2.38. The van der Waals surface area contributed by atoms with E-state index in [2.05, 4.69) is 68.9 Å². The molecule has 0 radical (unpaired) electrons. The highest BCUT2D eigenvalue weighted by Gasteiger charge is 2.22. The maximum atomic E-state index is 2.47. The maximum Gasteiger partial charge on any atom is 0.0369 e. The summed E-state index contributed by atoms with van der Waals surface area (Å²) < 4.78 is 0. The zero-order valence-electron chi connectivity index (χ0n) is 13.1. The molecule has 1 aliphatic heterocycles. The highest BCUT2D eigenvalue weighted by atomic mass is 15.2. The Kier molecular flexibility index (Phi) is 4.19. The van der Waals surface area contributed by atoms with E-state index >= 15 is 0 Å². The van der Waals surface area contributed by atoms with Crippen molar-refractivity contribution >= 4 is 5.69 Å². The molecular formula is C17H28N2. The third kappa shape index (κ3) is 3.50.